The molecule has 0 atom stereocenters. The number of rotatable bonds is 4. The van der Waals surface area contributed by atoms with Gasteiger partial charge in [0, 0.05) is 5.41 Å². The number of carbonyl (C=O) groups is 2. The summed E-state index contributed by atoms with van der Waals surface area (Å²) in [6, 6.07) is 8.22. The third-order valence-electron chi connectivity index (χ3n) is 3.35. The number of esters is 1. The molecule has 1 amide bonds. The van der Waals surface area contributed by atoms with Crippen molar-refractivity contribution < 1.29 is 14.3 Å². The molecule has 0 aliphatic rings. The average Bonchev–Trinajstić information content (AvgIpc) is 2.57. The second-order valence-electron chi connectivity index (χ2n) is 6.45. The lowest BCUT2D eigenvalue weighted by Gasteiger charge is -2.17. The number of hydrogen-bond donors (Lipinski definition) is 2. The van der Waals surface area contributed by atoms with Crippen molar-refractivity contribution in [2.75, 3.05) is 17.7 Å². The van der Waals surface area contributed by atoms with Gasteiger partial charge in [-0.15, -0.1) is 0 Å². The summed E-state index contributed by atoms with van der Waals surface area (Å²) in [5.74, 6) is -0.0191. The highest BCUT2D eigenvalue weighted by Crippen LogP contribution is 2.27. The predicted octanol–water partition coefficient (Wildman–Crippen LogP) is 4.25. The molecule has 6 nitrogen and oxygen atoms in total. The van der Waals surface area contributed by atoms with Gasteiger partial charge < -0.3 is 15.4 Å². The maximum absolute atomic E-state index is 12.0. The van der Waals surface area contributed by atoms with E-state index in [1.807, 2.05) is 20.8 Å². The Labute approximate surface area is 151 Å². The number of carbonyl (C=O) groups excluding carboxylic acids is 2. The lowest BCUT2D eigenvalue weighted by Crippen LogP contribution is -2.27. The average molecular weight is 362 g/mol. The van der Waals surface area contributed by atoms with Crippen molar-refractivity contribution in [1.82, 2.24) is 4.98 Å². The highest BCUT2D eigenvalue weighted by atomic mass is 35.5. The van der Waals surface area contributed by atoms with Crippen LogP contribution in [0.2, 0.25) is 5.02 Å². The normalized spacial score (nSPS) is 10.9. The largest absolute Gasteiger partial charge is 0.465 e. The van der Waals surface area contributed by atoms with Gasteiger partial charge >= 0.3 is 5.97 Å². The number of pyridine rings is 1. The van der Waals surface area contributed by atoms with Gasteiger partial charge in [-0.25, -0.2) is 9.78 Å². The second-order valence-corrected chi connectivity index (χ2v) is 6.85. The Kier molecular flexibility index (Phi) is 5.64. The molecule has 1 aromatic heterocycles. The number of aromatic nitrogens is 1. The summed E-state index contributed by atoms with van der Waals surface area (Å²) in [5.41, 5.74) is 1.02. The van der Waals surface area contributed by atoms with Gasteiger partial charge in [0.15, 0.2) is 0 Å². The SMILES string of the molecule is COC(=O)c1ccc(Cl)c(Nc2ccc(NC(=O)C(C)(C)C)cn2)c1. The first kappa shape index (κ1) is 18.7. The second kappa shape index (κ2) is 7.53. The fraction of sp³-hybridized carbons (Fsp3) is 0.278. The van der Waals surface area contributed by atoms with Gasteiger partial charge in [0.1, 0.15) is 5.82 Å². The third kappa shape index (κ3) is 4.93. The fourth-order valence-corrected chi connectivity index (χ4v) is 2.03. The van der Waals surface area contributed by atoms with Crippen LogP contribution in [-0.2, 0) is 9.53 Å². The van der Waals surface area contributed by atoms with Crippen molar-refractivity contribution in [1.29, 1.82) is 0 Å². The Morgan fingerprint density at radius 1 is 1.16 bits per heavy atom. The van der Waals surface area contributed by atoms with E-state index in [9.17, 15) is 9.59 Å². The highest BCUT2D eigenvalue weighted by molar-refractivity contribution is 6.33. The van der Waals surface area contributed by atoms with E-state index in [-0.39, 0.29) is 5.91 Å². The first-order valence-corrected chi connectivity index (χ1v) is 8.01. The molecule has 7 heteroatoms. The lowest BCUT2D eigenvalue weighted by atomic mass is 9.96. The summed E-state index contributed by atoms with van der Waals surface area (Å²) in [4.78, 5) is 27.8. The molecular formula is C18H20ClN3O3. The molecule has 2 N–H and O–H groups in total. The van der Waals surface area contributed by atoms with Crippen LogP contribution >= 0.6 is 11.6 Å². The van der Waals surface area contributed by atoms with E-state index in [2.05, 4.69) is 15.6 Å². The molecular weight excluding hydrogens is 342 g/mol. The Bertz CT molecular complexity index is 783. The van der Waals surface area contributed by atoms with E-state index in [0.29, 0.717) is 27.8 Å². The number of amides is 1. The summed E-state index contributed by atoms with van der Waals surface area (Å²) < 4.78 is 4.70. The zero-order valence-corrected chi connectivity index (χ0v) is 15.3. The number of halogens is 1. The van der Waals surface area contributed by atoms with E-state index in [4.69, 9.17) is 16.3 Å². The van der Waals surface area contributed by atoms with Crippen molar-refractivity contribution in [2.24, 2.45) is 5.41 Å². The maximum atomic E-state index is 12.0. The molecule has 2 aromatic rings. The molecule has 0 spiro atoms. The van der Waals surface area contributed by atoms with Crippen LogP contribution in [0.15, 0.2) is 36.5 Å². The van der Waals surface area contributed by atoms with Crippen molar-refractivity contribution >= 4 is 40.7 Å². The quantitative estimate of drug-likeness (QED) is 0.796. The zero-order chi connectivity index (χ0) is 18.6. The minimum Gasteiger partial charge on any atom is -0.465 e. The summed E-state index contributed by atoms with van der Waals surface area (Å²) in [5, 5.41) is 6.28. The Balaban J connectivity index is 2.14. The minimum absolute atomic E-state index is 0.0937. The molecule has 0 radical (unpaired) electrons. The van der Waals surface area contributed by atoms with Gasteiger partial charge in [0.25, 0.3) is 0 Å². The molecule has 0 saturated carbocycles. The van der Waals surface area contributed by atoms with Gasteiger partial charge in [-0.3, -0.25) is 4.79 Å². The Morgan fingerprint density at radius 3 is 2.44 bits per heavy atom. The Hall–Kier alpha value is -2.60. The number of benzene rings is 1. The van der Waals surface area contributed by atoms with E-state index in [1.54, 1.807) is 36.5 Å². The van der Waals surface area contributed by atoms with Crippen molar-refractivity contribution in [2.45, 2.75) is 20.8 Å². The molecule has 0 bridgehead atoms. The van der Waals surface area contributed by atoms with Crippen LogP contribution in [0.3, 0.4) is 0 Å². The number of hydrogen-bond acceptors (Lipinski definition) is 5. The van der Waals surface area contributed by atoms with E-state index in [0.717, 1.165) is 0 Å². The minimum atomic E-state index is -0.487. The molecule has 25 heavy (non-hydrogen) atoms. The van der Waals surface area contributed by atoms with E-state index >= 15 is 0 Å². The summed E-state index contributed by atoms with van der Waals surface area (Å²) in [7, 11) is 1.32. The third-order valence-corrected chi connectivity index (χ3v) is 3.68. The van der Waals surface area contributed by atoms with Crippen LogP contribution in [0, 0.1) is 5.41 Å². The van der Waals surface area contributed by atoms with Crippen molar-refractivity contribution in [3.8, 4) is 0 Å². The highest BCUT2D eigenvalue weighted by Gasteiger charge is 2.21. The van der Waals surface area contributed by atoms with Gasteiger partial charge in [-0.1, -0.05) is 32.4 Å². The van der Waals surface area contributed by atoms with E-state index < -0.39 is 11.4 Å². The maximum Gasteiger partial charge on any atom is 0.337 e. The molecule has 0 aliphatic carbocycles. The van der Waals surface area contributed by atoms with Gasteiger partial charge in [-0.2, -0.15) is 0 Å². The molecule has 2 rings (SSSR count). The van der Waals surface area contributed by atoms with Crippen LogP contribution < -0.4 is 10.6 Å². The van der Waals surface area contributed by atoms with Crippen molar-refractivity contribution in [3.63, 3.8) is 0 Å². The molecule has 1 heterocycles. The standard InChI is InChI=1S/C18H20ClN3O3/c1-18(2,3)17(24)21-12-6-8-15(20-10-12)22-14-9-11(16(23)25-4)5-7-13(14)19/h5-10H,1-4H3,(H,20,22)(H,21,24). The monoisotopic (exact) mass is 361 g/mol. The fourth-order valence-electron chi connectivity index (χ4n) is 1.86. The van der Waals surface area contributed by atoms with Crippen molar-refractivity contribution in [3.05, 3.63) is 47.1 Å². The first-order valence-electron chi connectivity index (χ1n) is 7.63. The molecule has 0 saturated heterocycles. The van der Waals surface area contributed by atoms with Crippen LogP contribution in [0.1, 0.15) is 31.1 Å². The smallest absolute Gasteiger partial charge is 0.337 e. The summed E-state index contributed by atoms with van der Waals surface area (Å²) >= 11 is 6.14. The summed E-state index contributed by atoms with van der Waals surface area (Å²) in [6.45, 7) is 5.51. The number of anilines is 3. The lowest BCUT2D eigenvalue weighted by molar-refractivity contribution is -0.123. The predicted molar refractivity (Wildman–Crippen MR) is 98.4 cm³/mol. The van der Waals surface area contributed by atoms with Gasteiger partial charge in [-0.05, 0) is 30.3 Å². The molecule has 1 aromatic carbocycles. The van der Waals surface area contributed by atoms with Crippen LogP contribution in [0.25, 0.3) is 0 Å². The number of ether oxygens (including phenoxy) is 1. The zero-order valence-electron chi connectivity index (χ0n) is 14.5. The number of nitrogens with one attached hydrogen (secondary N) is 2. The molecule has 0 fully saturated rings. The topological polar surface area (TPSA) is 80.3 Å². The van der Waals surface area contributed by atoms with Gasteiger partial charge in [0.2, 0.25) is 5.91 Å². The van der Waals surface area contributed by atoms with Crippen LogP contribution in [-0.4, -0.2) is 24.0 Å². The van der Waals surface area contributed by atoms with Gasteiger partial charge in [0.05, 0.1) is 35.3 Å². The molecule has 0 aliphatic heterocycles. The first-order chi connectivity index (χ1) is 11.7. The Morgan fingerprint density at radius 2 is 1.88 bits per heavy atom. The molecule has 0 unspecified atom stereocenters. The number of methoxy groups -OCH3 is 1. The molecule has 132 valence electrons. The van der Waals surface area contributed by atoms with Crippen LogP contribution in [0.5, 0.6) is 0 Å². The number of nitrogens with zero attached hydrogens (tertiary/aromatic N) is 1. The van der Waals surface area contributed by atoms with Crippen LogP contribution in [0.4, 0.5) is 17.2 Å². The van der Waals surface area contributed by atoms with E-state index in [1.165, 1.54) is 7.11 Å². The summed E-state index contributed by atoms with van der Waals surface area (Å²) in [6.07, 6.45) is 1.55.